The lowest BCUT2D eigenvalue weighted by molar-refractivity contribution is -0.152. The molecule has 1 N–H and O–H groups in total. The van der Waals surface area contributed by atoms with E-state index < -0.39 is 11.6 Å². The van der Waals surface area contributed by atoms with E-state index in [9.17, 15) is 4.79 Å². The fraction of sp³-hybridized carbons (Fsp3) is 0.462. The van der Waals surface area contributed by atoms with Crippen LogP contribution in [0, 0.1) is 0 Å². The molecule has 3 heteroatoms. The van der Waals surface area contributed by atoms with Gasteiger partial charge in [-0.05, 0) is 56.4 Å². The number of ether oxygens (including phenoxy) is 1. The van der Waals surface area contributed by atoms with Crippen molar-refractivity contribution in [2.75, 3.05) is 0 Å². The van der Waals surface area contributed by atoms with Crippen molar-refractivity contribution in [1.29, 1.82) is 0 Å². The molecular weight excluding hydrogens is 204 g/mol. The van der Waals surface area contributed by atoms with Gasteiger partial charge in [0.1, 0.15) is 5.75 Å². The molecule has 0 saturated carbocycles. The van der Waals surface area contributed by atoms with E-state index in [2.05, 4.69) is 0 Å². The number of carboxylic acids is 1. The van der Waals surface area contributed by atoms with Gasteiger partial charge < -0.3 is 9.84 Å². The van der Waals surface area contributed by atoms with Gasteiger partial charge in [-0.15, -0.1) is 0 Å². The minimum Gasteiger partial charge on any atom is -0.478 e. The first kappa shape index (κ1) is 11.0. The molecule has 1 aromatic rings. The van der Waals surface area contributed by atoms with Crippen molar-refractivity contribution in [2.45, 2.75) is 38.7 Å². The fourth-order valence-corrected chi connectivity index (χ4v) is 1.95. The molecule has 16 heavy (non-hydrogen) atoms. The Morgan fingerprint density at radius 1 is 1.31 bits per heavy atom. The summed E-state index contributed by atoms with van der Waals surface area (Å²) in [5, 5.41) is 8.97. The number of hydrogen-bond acceptors (Lipinski definition) is 2. The maximum absolute atomic E-state index is 10.9. The quantitative estimate of drug-likeness (QED) is 0.850. The largest absolute Gasteiger partial charge is 0.478 e. The summed E-state index contributed by atoms with van der Waals surface area (Å²) in [6, 6.07) is 5.86. The Bertz CT molecular complexity index is 421. The van der Waals surface area contributed by atoms with Crippen LogP contribution in [0.15, 0.2) is 18.2 Å². The van der Waals surface area contributed by atoms with E-state index in [-0.39, 0.29) is 0 Å². The first-order valence-electron chi connectivity index (χ1n) is 5.53. The van der Waals surface area contributed by atoms with Gasteiger partial charge >= 0.3 is 5.97 Å². The molecule has 0 amide bonds. The van der Waals surface area contributed by atoms with Gasteiger partial charge in [0.25, 0.3) is 0 Å². The molecule has 1 aliphatic rings. The number of aryl methyl sites for hydroxylation is 2. The van der Waals surface area contributed by atoms with Gasteiger partial charge in [-0.25, -0.2) is 4.79 Å². The predicted molar refractivity (Wildman–Crippen MR) is 60.8 cm³/mol. The normalized spacial score (nSPS) is 14.6. The van der Waals surface area contributed by atoms with E-state index >= 15 is 0 Å². The Hall–Kier alpha value is -1.51. The molecule has 2 rings (SSSR count). The van der Waals surface area contributed by atoms with Gasteiger partial charge in [-0.3, -0.25) is 0 Å². The number of benzene rings is 1. The van der Waals surface area contributed by atoms with E-state index in [1.165, 1.54) is 17.5 Å². The third-order valence-corrected chi connectivity index (χ3v) is 2.96. The number of carboxylic acid groups (broad SMARTS) is 1. The number of fused-ring (bicyclic) bond motifs is 1. The summed E-state index contributed by atoms with van der Waals surface area (Å²) in [5.41, 5.74) is 1.48. The molecule has 0 fully saturated rings. The monoisotopic (exact) mass is 220 g/mol. The minimum absolute atomic E-state index is 0.646. The van der Waals surface area contributed by atoms with E-state index in [1.54, 1.807) is 13.8 Å². The lowest BCUT2D eigenvalue weighted by Gasteiger charge is -2.21. The summed E-state index contributed by atoms with van der Waals surface area (Å²) >= 11 is 0. The zero-order chi connectivity index (χ0) is 11.8. The van der Waals surface area contributed by atoms with Crippen LogP contribution < -0.4 is 4.74 Å². The van der Waals surface area contributed by atoms with Crippen LogP contribution >= 0.6 is 0 Å². The van der Waals surface area contributed by atoms with Crippen LogP contribution in [-0.2, 0) is 17.6 Å². The molecular formula is C13H16O3. The van der Waals surface area contributed by atoms with Crippen molar-refractivity contribution in [3.05, 3.63) is 29.3 Å². The van der Waals surface area contributed by atoms with Gasteiger partial charge in [-0.1, -0.05) is 6.07 Å². The number of carbonyl (C=O) groups is 1. The standard InChI is InChI=1S/C13H16O3/c1-13(2,12(14)15)16-11-7-6-9-4-3-5-10(9)8-11/h6-8H,3-5H2,1-2H3,(H,14,15). The Kier molecular flexibility index (Phi) is 2.62. The molecule has 0 radical (unpaired) electrons. The second kappa shape index (κ2) is 3.81. The molecule has 0 bridgehead atoms. The average Bonchev–Trinajstić information content (AvgIpc) is 2.63. The molecule has 0 saturated heterocycles. The molecule has 1 aliphatic carbocycles. The molecule has 86 valence electrons. The first-order chi connectivity index (χ1) is 7.49. The van der Waals surface area contributed by atoms with Gasteiger partial charge in [0.05, 0.1) is 0 Å². The van der Waals surface area contributed by atoms with E-state index in [4.69, 9.17) is 9.84 Å². The molecule has 0 aliphatic heterocycles. The highest BCUT2D eigenvalue weighted by Crippen LogP contribution is 2.27. The Labute approximate surface area is 95.0 Å². The van der Waals surface area contributed by atoms with E-state index in [1.807, 2.05) is 18.2 Å². The molecule has 3 nitrogen and oxygen atoms in total. The van der Waals surface area contributed by atoms with Crippen LogP contribution in [-0.4, -0.2) is 16.7 Å². The highest BCUT2D eigenvalue weighted by molar-refractivity contribution is 5.76. The van der Waals surface area contributed by atoms with Crippen molar-refractivity contribution in [3.8, 4) is 5.75 Å². The Balaban J connectivity index is 2.20. The maximum Gasteiger partial charge on any atom is 0.347 e. The fourth-order valence-electron chi connectivity index (χ4n) is 1.95. The van der Waals surface area contributed by atoms with Gasteiger partial charge in [0.15, 0.2) is 5.60 Å². The molecule has 0 unspecified atom stereocenters. The van der Waals surface area contributed by atoms with Crippen molar-refractivity contribution in [3.63, 3.8) is 0 Å². The smallest absolute Gasteiger partial charge is 0.347 e. The van der Waals surface area contributed by atoms with Crippen molar-refractivity contribution in [2.24, 2.45) is 0 Å². The van der Waals surface area contributed by atoms with Crippen LogP contribution in [0.4, 0.5) is 0 Å². The lowest BCUT2D eigenvalue weighted by atomic mass is 10.1. The summed E-state index contributed by atoms with van der Waals surface area (Å²) in [6.45, 7) is 3.12. The summed E-state index contributed by atoms with van der Waals surface area (Å²) in [7, 11) is 0. The minimum atomic E-state index is -1.17. The zero-order valence-corrected chi connectivity index (χ0v) is 9.62. The zero-order valence-electron chi connectivity index (χ0n) is 9.62. The van der Waals surface area contributed by atoms with Gasteiger partial charge in [-0.2, -0.15) is 0 Å². The highest BCUT2D eigenvalue weighted by Gasteiger charge is 2.29. The van der Waals surface area contributed by atoms with E-state index in [0.717, 1.165) is 12.8 Å². The van der Waals surface area contributed by atoms with E-state index in [0.29, 0.717) is 5.75 Å². The summed E-state index contributed by atoms with van der Waals surface area (Å²) in [4.78, 5) is 10.9. The van der Waals surface area contributed by atoms with Gasteiger partial charge in [0, 0.05) is 0 Å². The van der Waals surface area contributed by atoms with Crippen LogP contribution in [0.1, 0.15) is 31.4 Å². The molecule has 1 aromatic carbocycles. The molecule has 0 atom stereocenters. The Morgan fingerprint density at radius 2 is 2.00 bits per heavy atom. The summed E-state index contributed by atoms with van der Waals surface area (Å²) in [5.74, 6) is -0.305. The van der Waals surface area contributed by atoms with Crippen molar-refractivity contribution < 1.29 is 14.6 Å². The third kappa shape index (κ3) is 2.03. The number of aliphatic carboxylic acids is 1. The predicted octanol–water partition coefficient (Wildman–Crippen LogP) is 2.42. The number of rotatable bonds is 3. The van der Waals surface area contributed by atoms with Gasteiger partial charge in [0.2, 0.25) is 0 Å². The Morgan fingerprint density at radius 3 is 2.69 bits per heavy atom. The van der Waals surface area contributed by atoms with Crippen LogP contribution in [0.3, 0.4) is 0 Å². The van der Waals surface area contributed by atoms with Crippen LogP contribution in [0.5, 0.6) is 5.75 Å². The third-order valence-electron chi connectivity index (χ3n) is 2.96. The maximum atomic E-state index is 10.9. The average molecular weight is 220 g/mol. The number of hydrogen-bond donors (Lipinski definition) is 1. The second-order valence-electron chi connectivity index (χ2n) is 4.70. The lowest BCUT2D eigenvalue weighted by Crippen LogP contribution is -2.37. The summed E-state index contributed by atoms with van der Waals surface area (Å²) in [6.07, 6.45) is 3.37. The van der Waals surface area contributed by atoms with Crippen LogP contribution in [0.2, 0.25) is 0 Å². The van der Waals surface area contributed by atoms with Crippen molar-refractivity contribution in [1.82, 2.24) is 0 Å². The molecule has 0 spiro atoms. The highest BCUT2D eigenvalue weighted by atomic mass is 16.5. The second-order valence-corrected chi connectivity index (χ2v) is 4.70. The topological polar surface area (TPSA) is 46.5 Å². The summed E-state index contributed by atoms with van der Waals surface area (Å²) < 4.78 is 5.49. The van der Waals surface area contributed by atoms with Crippen molar-refractivity contribution >= 4 is 5.97 Å². The van der Waals surface area contributed by atoms with Crippen LogP contribution in [0.25, 0.3) is 0 Å². The molecule has 0 aromatic heterocycles. The first-order valence-corrected chi connectivity index (χ1v) is 5.53. The SMILES string of the molecule is CC(C)(Oc1ccc2c(c1)CCC2)C(=O)O. The molecule has 0 heterocycles.